The van der Waals surface area contributed by atoms with Crippen LogP contribution in [0, 0.1) is 5.92 Å². The van der Waals surface area contributed by atoms with Crippen LogP contribution in [0.3, 0.4) is 0 Å². The molecule has 90 valence electrons. The highest BCUT2D eigenvalue weighted by Gasteiger charge is 2.28. The third-order valence-corrected chi connectivity index (χ3v) is 2.45. The van der Waals surface area contributed by atoms with Gasteiger partial charge in [0.25, 0.3) is 5.91 Å². The average Bonchev–Trinajstić information content (AvgIpc) is 3.19. The Hall–Kier alpha value is -1.98. The lowest BCUT2D eigenvalue weighted by molar-refractivity contribution is -0.122. The minimum atomic E-state index is -0.279. The maximum absolute atomic E-state index is 11.5. The first-order valence-electron chi connectivity index (χ1n) is 5.59. The van der Waals surface area contributed by atoms with Crippen molar-refractivity contribution < 1.29 is 9.59 Å². The molecule has 0 saturated heterocycles. The van der Waals surface area contributed by atoms with E-state index in [1.807, 2.05) is 0 Å². The van der Waals surface area contributed by atoms with Crippen LogP contribution in [0.25, 0.3) is 0 Å². The maximum atomic E-state index is 11.5. The second-order valence-electron chi connectivity index (χ2n) is 3.91. The number of carbonyl (C=O) groups excluding carboxylic acids is 2. The van der Waals surface area contributed by atoms with Crippen molar-refractivity contribution in [2.75, 3.05) is 13.1 Å². The second-order valence-corrected chi connectivity index (χ2v) is 3.91. The molecule has 0 radical (unpaired) electrons. The molecule has 2 rings (SSSR count). The number of rotatable bonds is 5. The van der Waals surface area contributed by atoms with Crippen LogP contribution in [0.15, 0.2) is 18.6 Å². The Morgan fingerprint density at radius 1 is 1.24 bits per heavy atom. The van der Waals surface area contributed by atoms with Crippen molar-refractivity contribution in [1.29, 1.82) is 0 Å². The van der Waals surface area contributed by atoms with Crippen molar-refractivity contribution in [3.8, 4) is 0 Å². The number of carbonyl (C=O) groups is 2. The lowest BCUT2D eigenvalue weighted by Crippen LogP contribution is -2.35. The zero-order valence-electron chi connectivity index (χ0n) is 9.35. The van der Waals surface area contributed by atoms with Crippen molar-refractivity contribution in [3.05, 3.63) is 24.3 Å². The molecule has 6 nitrogen and oxygen atoms in total. The molecule has 0 unspecified atom stereocenters. The molecule has 0 aliphatic heterocycles. The van der Waals surface area contributed by atoms with Gasteiger partial charge in [-0.05, 0) is 12.8 Å². The first kappa shape index (κ1) is 11.5. The van der Waals surface area contributed by atoms with Crippen molar-refractivity contribution in [1.82, 2.24) is 20.6 Å². The lowest BCUT2D eigenvalue weighted by Gasteiger charge is -2.05. The van der Waals surface area contributed by atoms with Gasteiger partial charge in [0.15, 0.2) is 0 Å². The van der Waals surface area contributed by atoms with Crippen LogP contribution < -0.4 is 10.6 Å². The largest absolute Gasteiger partial charge is 0.354 e. The molecule has 1 saturated carbocycles. The molecule has 1 fully saturated rings. The summed E-state index contributed by atoms with van der Waals surface area (Å²) in [6, 6.07) is 0. The van der Waals surface area contributed by atoms with E-state index in [0.29, 0.717) is 13.1 Å². The highest BCUT2D eigenvalue weighted by Crippen LogP contribution is 2.28. The zero-order chi connectivity index (χ0) is 12.1. The van der Waals surface area contributed by atoms with Gasteiger partial charge in [0.2, 0.25) is 5.91 Å². The highest BCUT2D eigenvalue weighted by atomic mass is 16.2. The Balaban J connectivity index is 1.65. The van der Waals surface area contributed by atoms with Crippen molar-refractivity contribution in [2.45, 2.75) is 12.8 Å². The van der Waals surface area contributed by atoms with Gasteiger partial charge in [-0.3, -0.25) is 14.6 Å². The van der Waals surface area contributed by atoms with E-state index in [9.17, 15) is 9.59 Å². The van der Waals surface area contributed by atoms with Gasteiger partial charge in [0.1, 0.15) is 5.69 Å². The van der Waals surface area contributed by atoms with Crippen LogP contribution in [0.5, 0.6) is 0 Å². The monoisotopic (exact) mass is 234 g/mol. The maximum Gasteiger partial charge on any atom is 0.271 e. The van der Waals surface area contributed by atoms with Crippen LogP contribution >= 0.6 is 0 Å². The van der Waals surface area contributed by atoms with Crippen molar-refractivity contribution in [2.24, 2.45) is 5.92 Å². The summed E-state index contributed by atoms with van der Waals surface area (Å²) in [5, 5.41) is 5.42. The number of nitrogens with one attached hydrogen (secondary N) is 2. The smallest absolute Gasteiger partial charge is 0.271 e. The van der Waals surface area contributed by atoms with E-state index < -0.39 is 0 Å². The molecule has 1 aliphatic carbocycles. The fourth-order valence-corrected chi connectivity index (χ4v) is 1.36. The van der Waals surface area contributed by atoms with Gasteiger partial charge >= 0.3 is 0 Å². The van der Waals surface area contributed by atoms with Gasteiger partial charge in [-0.15, -0.1) is 0 Å². The van der Waals surface area contributed by atoms with Gasteiger partial charge in [-0.1, -0.05) is 0 Å². The molecule has 17 heavy (non-hydrogen) atoms. The summed E-state index contributed by atoms with van der Waals surface area (Å²) in [6.07, 6.45) is 6.34. The van der Waals surface area contributed by atoms with Crippen molar-refractivity contribution >= 4 is 11.8 Å². The van der Waals surface area contributed by atoms with Gasteiger partial charge in [-0.2, -0.15) is 0 Å². The zero-order valence-corrected chi connectivity index (χ0v) is 9.35. The Bertz CT molecular complexity index is 403. The van der Waals surface area contributed by atoms with E-state index in [-0.39, 0.29) is 23.4 Å². The molecule has 0 spiro atoms. The molecule has 1 aliphatic rings. The van der Waals surface area contributed by atoms with Gasteiger partial charge < -0.3 is 10.6 Å². The molecule has 0 bridgehead atoms. The summed E-state index contributed by atoms with van der Waals surface area (Å²) in [5.74, 6) is 0.00298. The predicted molar refractivity (Wildman–Crippen MR) is 60.1 cm³/mol. The Morgan fingerprint density at radius 3 is 2.65 bits per heavy atom. The molecule has 1 aromatic heterocycles. The van der Waals surface area contributed by atoms with Crippen LogP contribution in [-0.4, -0.2) is 34.9 Å². The summed E-state index contributed by atoms with van der Waals surface area (Å²) in [5.41, 5.74) is 0.279. The van der Waals surface area contributed by atoms with Crippen LogP contribution in [-0.2, 0) is 4.79 Å². The standard InChI is InChI=1S/C11H14N4O2/c16-10(8-1-2-8)14-5-6-15-11(17)9-7-12-3-4-13-9/h3-4,7-8H,1-2,5-6H2,(H,14,16)(H,15,17). The predicted octanol–water partition coefficient (Wildman–Crippen LogP) is -0.267. The SMILES string of the molecule is O=C(NCCNC(=O)C1CC1)c1cnccn1. The average molecular weight is 234 g/mol. The van der Waals surface area contributed by atoms with E-state index in [0.717, 1.165) is 12.8 Å². The summed E-state index contributed by atoms with van der Waals surface area (Å²) in [4.78, 5) is 30.5. The molecular weight excluding hydrogens is 220 g/mol. The van der Waals surface area contributed by atoms with Gasteiger partial charge in [0, 0.05) is 31.4 Å². The van der Waals surface area contributed by atoms with Gasteiger partial charge in [0.05, 0.1) is 6.20 Å². The number of hydrogen-bond acceptors (Lipinski definition) is 4. The molecule has 1 heterocycles. The third-order valence-electron chi connectivity index (χ3n) is 2.45. The molecule has 0 aromatic carbocycles. The molecule has 2 N–H and O–H groups in total. The van der Waals surface area contributed by atoms with Crippen LogP contribution in [0.1, 0.15) is 23.3 Å². The molecule has 0 atom stereocenters. The topological polar surface area (TPSA) is 84.0 Å². The van der Waals surface area contributed by atoms with Crippen LogP contribution in [0.4, 0.5) is 0 Å². The Labute approximate surface area is 98.8 Å². The molecule has 6 heteroatoms. The third kappa shape index (κ3) is 3.51. The number of amides is 2. The first-order chi connectivity index (χ1) is 8.27. The van der Waals surface area contributed by atoms with Gasteiger partial charge in [-0.25, -0.2) is 4.98 Å². The summed E-state index contributed by atoms with van der Waals surface area (Å²) in [6.45, 7) is 0.842. The summed E-state index contributed by atoms with van der Waals surface area (Å²) < 4.78 is 0. The quantitative estimate of drug-likeness (QED) is 0.687. The molecule has 2 amide bonds. The summed E-state index contributed by atoms with van der Waals surface area (Å²) >= 11 is 0. The minimum Gasteiger partial charge on any atom is -0.354 e. The van der Waals surface area contributed by atoms with Crippen molar-refractivity contribution in [3.63, 3.8) is 0 Å². The van der Waals surface area contributed by atoms with E-state index in [4.69, 9.17) is 0 Å². The number of nitrogens with zero attached hydrogens (tertiary/aromatic N) is 2. The van der Waals surface area contributed by atoms with E-state index >= 15 is 0 Å². The summed E-state index contributed by atoms with van der Waals surface area (Å²) in [7, 11) is 0. The number of hydrogen-bond donors (Lipinski definition) is 2. The molecular formula is C11H14N4O2. The van der Waals surface area contributed by atoms with E-state index in [2.05, 4.69) is 20.6 Å². The molecule has 1 aromatic rings. The normalized spacial score (nSPS) is 14.1. The minimum absolute atomic E-state index is 0.0822. The fraction of sp³-hybridized carbons (Fsp3) is 0.455. The van der Waals surface area contributed by atoms with Crippen LogP contribution in [0.2, 0.25) is 0 Å². The Kier molecular flexibility index (Phi) is 3.64. The first-order valence-corrected chi connectivity index (χ1v) is 5.59. The number of aromatic nitrogens is 2. The Morgan fingerprint density at radius 2 is 2.00 bits per heavy atom. The lowest BCUT2D eigenvalue weighted by atomic mass is 10.4. The van der Waals surface area contributed by atoms with E-state index in [1.165, 1.54) is 18.6 Å². The fourth-order valence-electron chi connectivity index (χ4n) is 1.36. The highest BCUT2D eigenvalue weighted by molar-refractivity contribution is 5.91. The second kappa shape index (κ2) is 5.38. The van der Waals surface area contributed by atoms with E-state index in [1.54, 1.807) is 0 Å².